The van der Waals surface area contributed by atoms with Crippen molar-refractivity contribution in [3.63, 3.8) is 0 Å². The van der Waals surface area contributed by atoms with Crippen LogP contribution < -0.4 is 5.73 Å². The second-order valence-electron chi connectivity index (χ2n) is 4.30. The van der Waals surface area contributed by atoms with Crippen LogP contribution in [0.25, 0.3) is 0 Å². The predicted molar refractivity (Wildman–Crippen MR) is 57.3 cm³/mol. The van der Waals surface area contributed by atoms with Crippen LogP contribution in [0, 0.1) is 11.3 Å². The Balaban J connectivity index is 2.92. The maximum absolute atomic E-state index is 5.75. The molecule has 0 heterocycles. The second kappa shape index (κ2) is 3.93. The molecule has 0 aliphatic heterocycles. The van der Waals surface area contributed by atoms with Crippen molar-refractivity contribution < 1.29 is 0 Å². The molecule has 0 saturated heterocycles. The molecule has 0 unspecified atom stereocenters. The molecular formula is C12H18N. The van der Waals surface area contributed by atoms with E-state index in [4.69, 9.17) is 5.73 Å². The normalized spacial score (nSPS) is 12.1. The summed E-state index contributed by atoms with van der Waals surface area (Å²) in [6.07, 6.45) is 0. The van der Waals surface area contributed by atoms with Crippen LogP contribution in [0.15, 0.2) is 30.3 Å². The zero-order valence-corrected chi connectivity index (χ0v) is 8.67. The van der Waals surface area contributed by atoms with E-state index in [-0.39, 0.29) is 5.41 Å². The zero-order chi connectivity index (χ0) is 9.90. The minimum absolute atomic E-state index is 0.163. The Bertz CT molecular complexity index is 246. The van der Waals surface area contributed by atoms with E-state index in [0.717, 1.165) is 0 Å². The first kappa shape index (κ1) is 10.3. The maximum Gasteiger partial charge on any atom is 0.0238 e. The Morgan fingerprint density at radius 3 is 2.08 bits per heavy atom. The minimum atomic E-state index is 0.163. The molecule has 71 valence electrons. The first-order valence-electron chi connectivity index (χ1n) is 4.67. The van der Waals surface area contributed by atoms with Crippen LogP contribution in [-0.2, 0) is 0 Å². The molecule has 13 heavy (non-hydrogen) atoms. The average Bonchev–Trinajstić information content (AvgIpc) is 2.05. The SMILES string of the molecule is CC(C)(C)[C](CN)c1ccccc1. The molecule has 0 spiro atoms. The van der Waals surface area contributed by atoms with Gasteiger partial charge in [-0.3, -0.25) is 0 Å². The van der Waals surface area contributed by atoms with Gasteiger partial charge in [0.1, 0.15) is 0 Å². The first-order chi connectivity index (χ1) is 6.05. The Labute approximate surface area is 81.0 Å². The third kappa shape index (κ3) is 2.56. The Morgan fingerprint density at radius 1 is 1.15 bits per heavy atom. The topological polar surface area (TPSA) is 26.0 Å². The highest BCUT2D eigenvalue weighted by atomic mass is 14.6. The molecule has 1 nitrogen and oxygen atoms in total. The lowest BCUT2D eigenvalue weighted by Gasteiger charge is -2.29. The van der Waals surface area contributed by atoms with Gasteiger partial charge in [-0.25, -0.2) is 0 Å². The maximum atomic E-state index is 5.75. The van der Waals surface area contributed by atoms with Crippen LogP contribution in [0.5, 0.6) is 0 Å². The first-order valence-corrected chi connectivity index (χ1v) is 4.67. The molecule has 1 aromatic carbocycles. The summed E-state index contributed by atoms with van der Waals surface area (Å²) in [5.41, 5.74) is 7.18. The highest BCUT2D eigenvalue weighted by Gasteiger charge is 2.24. The molecule has 0 amide bonds. The van der Waals surface area contributed by atoms with Crippen molar-refractivity contribution in [3.8, 4) is 0 Å². The summed E-state index contributed by atoms with van der Waals surface area (Å²) >= 11 is 0. The molecule has 1 aromatic rings. The van der Waals surface area contributed by atoms with Crippen molar-refractivity contribution in [2.45, 2.75) is 20.8 Å². The van der Waals surface area contributed by atoms with Gasteiger partial charge in [0.2, 0.25) is 0 Å². The van der Waals surface area contributed by atoms with E-state index in [0.29, 0.717) is 6.54 Å². The molecule has 1 rings (SSSR count). The van der Waals surface area contributed by atoms with Crippen molar-refractivity contribution in [2.24, 2.45) is 11.1 Å². The molecule has 2 N–H and O–H groups in total. The average molecular weight is 176 g/mol. The van der Waals surface area contributed by atoms with E-state index in [9.17, 15) is 0 Å². The largest absolute Gasteiger partial charge is 0.330 e. The van der Waals surface area contributed by atoms with Gasteiger partial charge in [0.05, 0.1) is 0 Å². The summed E-state index contributed by atoms with van der Waals surface area (Å²) in [6.45, 7) is 7.22. The summed E-state index contributed by atoms with van der Waals surface area (Å²) in [5.74, 6) is 1.31. The lowest BCUT2D eigenvalue weighted by atomic mass is 9.76. The van der Waals surface area contributed by atoms with Crippen LogP contribution in [0.2, 0.25) is 0 Å². The monoisotopic (exact) mass is 176 g/mol. The molecule has 0 bridgehead atoms. The fourth-order valence-corrected chi connectivity index (χ4v) is 1.50. The Morgan fingerprint density at radius 2 is 1.69 bits per heavy atom. The molecule has 0 aromatic heterocycles. The van der Waals surface area contributed by atoms with Crippen LogP contribution in [0.1, 0.15) is 26.3 Å². The van der Waals surface area contributed by atoms with Crippen molar-refractivity contribution in [1.82, 2.24) is 0 Å². The predicted octanol–water partition coefficient (Wildman–Crippen LogP) is 2.61. The minimum Gasteiger partial charge on any atom is -0.330 e. The quantitative estimate of drug-likeness (QED) is 0.736. The van der Waals surface area contributed by atoms with Gasteiger partial charge in [-0.05, 0) is 11.0 Å². The highest BCUT2D eigenvalue weighted by molar-refractivity contribution is 5.34. The van der Waals surface area contributed by atoms with Gasteiger partial charge in [-0.2, -0.15) is 0 Å². The van der Waals surface area contributed by atoms with Gasteiger partial charge in [0.25, 0.3) is 0 Å². The van der Waals surface area contributed by atoms with Crippen molar-refractivity contribution in [3.05, 3.63) is 41.8 Å². The molecule has 0 fully saturated rings. The van der Waals surface area contributed by atoms with Gasteiger partial charge in [0.15, 0.2) is 0 Å². The summed E-state index contributed by atoms with van der Waals surface area (Å²) in [7, 11) is 0. The molecule has 0 aliphatic carbocycles. The van der Waals surface area contributed by atoms with Crippen molar-refractivity contribution >= 4 is 0 Å². The fraction of sp³-hybridized carbons (Fsp3) is 0.417. The third-order valence-corrected chi connectivity index (χ3v) is 2.23. The van der Waals surface area contributed by atoms with E-state index < -0.39 is 0 Å². The van der Waals surface area contributed by atoms with Gasteiger partial charge in [-0.15, -0.1) is 0 Å². The van der Waals surface area contributed by atoms with E-state index in [1.807, 2.05) is 6.07 Å². The number of hydrogen-bond acceptors (Lipinski definition) is 1. The lowest BCUT2D eigenvalue weighted by molar-refractivity contribution is 0.440. The number of benzene rings is 1. The molecule has 0 aliphatic rings. The molecule has 0 atom stereocenters. The number of hydrogen-bond donors (Lipinski definition) is 1. The van der Waals surface area contributed by atoms with Gasteiger partial charge in [-0.1, -0.05) is 51.1 Å². The third-order valence-electron chi connectivity index (χ3n) is 2.23. The standard InChI is InChI=1S/C12H18N/c1-12(2,3)11(9-13)10-7-5-4-6-8-10/h4-8H,9,13H2,1-3H3. The second-order valence-corrected chi connectivity index (χ2v) is 4.30. The molecular weight excluding hydrogens is 158 g/mol. The van der Waals surface area contributed by atoms with E-state index in [1.54, 1.807) is 0 Å². The van der Waals surface area contributed by atoms with Crippen LogP contribution >= 0.6 is 0 Å². The van der Waals surface area contributed by atoms with E-state index >= 15 is 0 Å². The summed E-state index contributed by atoms with van der Waals surface area (Å²) in [5, 5.41) is 0. The summed E-state index contributed by atoms with van der Waals surface area (Å²) < 4.78 is 0. The number of rotatable bonds is 2. The summed E-state index contributed by atoms with van der Waals surface area (Å²) in [4.78, 5) is 0. The van der Waals surface area contributed by atoms with Crippen LogP contribution in [0.3, 0.4) is 0 Å². The fourth-order valence-electron chi connectivity index (χ4n) is 1.50. The Hall–Kier alpha value is -0.820. The lowest BCUT2D eigenvalue weighted by Crippen LogP contribution is -2.26. The summed E-state index contributed by atoms with van der Waals surface area (Å²) in [6, 6.07) is 10.4. The number of nitrogens with two attached hydrogens (primary N) is 1. The smallest absolute Gasteiger partial charge is 0.0238 e. The van der Waals surface area contributed by atoms with Crippen molar-refractivity contribution in [1.29, 1.82) is 0 Å². The molecule has 0 saturated carbocycles. The van der Waals surface area contributed by atoms with Crippen LogP contribution in [0.4, 0.5) is 0 Å². The van der Waals surface area contributed by atoms with Crippen molar-refractivity contribution in [2.75, 3.05) is 6.54 Å². The Kier molecular flexibility index (Phi) is 3.10. The van der Waals surface area contributed by atoms with Crippen LogP contribution in [-0.4, -0.2) is 6.54 Å². The van der Waals surface area contributed by atoms with Gasteiger partial charge in [0, 0.05) is 12.5 Å². The van der Waals surface area contributed by atoms with E-state index in [1.165, 1.54) is 11.5 Å². The zero-order valence-electron chi connectivity index (χ0n) is 8.67. The van der Waals surface area contributed by atoms with Gasteiger partial charge >= 0.3 is 0 Å². The van der Waals surface area contributed by atoms with Gasteiger partial charge < -0.3 is 5.73 Å². The highest BCUT2D eigenvalue weighted by Crippen LogP contribution is 2.32. The molecule has 1 heteroatoms. The molecule has 1 radical (unpaired) electrons. The van der Waals surface area contributed by atoms with E-state index in [2.05, 4.69) is 45.0 Å².